The Morgan fingerprint density at radius 1 is 1.50 bits per heavy atom. The Bertz CT molecular complexity index is 568. The van der Waals surface area contributed by atoms with Gasteiger partial charge in [0, 0.05) is 13.6 Å². The highest BCUT2D eigenvalue weighted by Crippen LogP contribution is 2.14. The molecule has 0 saturated heterocycles. The maximum absolute atomic E-state index is 12.0. The van der Waals surface area contributed by atoms with E-state index in [-0.39, 0.29) is 5.91 Å². The number of benzene rings is 1. The molecule has 0 aliphatic rings. The number of nitrogens with one attached hydrogen (secondary N) is 1. The number of carbonyl (C=O) groups is 1. The fourth-order valence-corrected chi connectivity index (χ4v) is 1.92. The standard InChI is InChI=1S/C13H18N4O/c1-13(2,14)12(18)17(3)7-9-4-5-10-11(6-9)16-8-15-10/h4-6,8H,7,14H2,1-3H3,(H,15,16). The summed E-state index contributed by atoms with van der Waals surface area (Å²) in [5.41, 5.74) is 7.90. The van der Waals surface area contributed by atoms with Crippen LogP contribution in [0.1, 0.15) is 19.4 Å². The molecule has 1 aromatic carbocycles. The van der Waals surface area contributed by atoms with Crippen LogP contribution in [0.25, 0.3) is 11.0 Å². The van der Waals surface area contributed by atoms with Crippen molar-refractivity contribution in [2.24, 2.45) is 5.73 Å². The summed E-state index contributed by atoms with van der Waals surface area (Å²) in [5.74, 6) is -0.0767. The highest BCUT2D eigenvalue weighted by molar-refractivity contribution is 5.85. The molecule has 0 spiro atoms. The third-order valence-electron chi connectivity index (χ3n) is 2.80. The van der Waals surface area contributed by atoms with E-state index in [2.05, 4.69) is 9.97 Å². The van der Waals surface area contributed by atoms with Gasteiger partial charge in [-0.25, -0.2) is 4.98 Å². The van der Waals surface area contributed by atoms with Crippen LogP contribution in [0.5, 0.6) is 0 Å². The molecule has 0 aliphatic heterocycles. The molecule has 0 unspecified atom stereocenters. The van der Waals surface area contributed by atoms with Gasteiger partial charge in [0.25, 0.3) is 0 Å². The number of hydrogen-bond donors (Lipinski definition) is 2. The molecule has 0 aliphatic carbocycles. The molecule has 3 N–H and O–H groups in total. The van der Waals surface area contributed by atoms with Crippen LogP contribution in [-0.2, 0) is 11.3 Å². The molecule has 2 aromatic rings. The Kier molecular flexibility index (Phi) is 3.09. The van der Waals surface area contributed by atoms with E-state index in [9.17, 15) is 4.79 Å². The molecule has 0 radical (unpaired) electrons. The van der Waals surface area contributed by atoms with Gasteiger partial charge in [0.05, 0.1) is 22.9 Å². The molecular weight excluding hydrogens is 228 g/mol. The van der Waals surface area contributed by atoms with E-state index in [1.807, 2.05) is 18.2 Å². The Morgan fingerprint density at radius 2 is 2.22 bits per heavy atom. The van der Waals surface area contributed by atoms with Crippen LogP contribution in [-0.4, -0.2) is 33.4 Å². The lowest BCUT2D eigenvalue weighted by Gasteiger charge is -2.25. The zero-order chi connectivity index (χ0) is 13.3. The minimum Gasteiger partial charge on any atom is -0.345 e. The maximum atomic E-state index is 12.0. The molecule has 1 aromatic heterocycles. The van der Waals surface area contributed by atoms with Crippen LogP contribution < -0.4 is 5.73 Å². The van der Waals surface area contributed by atoms with Crippen molar-refractivity contribution in [2.75, 3.05) is 7.05 Å². The first-order chi connectivity index (χ1) is 8.38. The first-order valence-electron chi connectivity index (χ1n) is 5.84. The van der Waals surface area contributed by atoms with Gasteiger partial charge in [0.2, 0.25) is 5.91 Å². The smallest absolute Gasteiger partial charge is 0.242 e. The van der Waals surface area contributed by atoms with E-state index in [1.165, 1.54) is 0 Å². The van der Waals surface area contributed by atoms with Gasteiger partial charge in [-0.2, -0.15) is 0 Å². The number of aromatic nitrogens is 2. The van der Waals surface area contributed by atoms with Crippen molar-refractivity contribution < 1.29 is 4.79 Å². The maximum Gasteiger partial charge on any atom is 0.242 e. The number of hydrogen-bond acceptors (Lipinski definition) is 3. The van der Waals surface area contributed by atoms with Crippen LogP contribution in [0.4, 0.5) is 0 Å². The number of likely N-dealkylation sites (N-methyl/N-ethyl adjacent to an activating group) is 1. The summed E-state index contributed by atoms with van der Waals surface area (Å²) in [5, 5.41) is 0. The number of aromatic amines is 1. The predicted octanol–water partition coefficient (Wildman–Crippen LogP) is 1.26. The molecule has 1 heterocycles. The third kappa shape index (κ3) is 2.51. The van der Waals surface area contributed by atoms with E-state index in [1.54, 1.807) is 32.1 Å². The monoisotopic (exact) mass is 246 g/mol. The van der Waals surface area contributed by atoms with Gasteiger partial charge in [-0.3, -0.25) is 4.79 Å². The van der Waals surface area contributed by atoms with Crippen LogP contribution in [0, 0.1) is 0 Å². The molecule has 0 saturated carbocycles. The zero-order valence-electron chi connectivity index (χ0n) is 10.9. The average molecular weight is 246 g/mol. The SMILES string of the molecule is CN(Cc1ccc2nc[nH]c2c1)C(=O)C(C)(C)N. The van der Waals surface area contributed by atoms with Crippen molar-refractivity contribution >= 4 is 16.9 Å². The van der Waals surface area contributed by atoms with E-state index < -0.39 is 5.54 Å². The molecule has 5 nitrogen and oxygen atoms in total. The number of imidazole rings is 1. The van der Waals surface area contributed by atoms with Crippen molar-refractivity contribution in [1.29, 1.82) is 0 Å². The second-order valence-electron chi connectivity index (χ2n) is 5.14. The topological polar surface area (TPSA) is 75.0 Å². The minimum atomic E-state index is -0.840. The minimum absolute atomic E-state index is 0.0767. The van der Waals surface area contributed by atoms with Crippen LogP contribution in [0.15, 0.2) is 24.5 Å². The molecule has 18 heavy (non-hydrogen) atoms. The number of nitrogens with zero attached hydrogens (tertiary/aromatic N) is 2. The Labute approximate surface area is 106 Å². The number of H-pyrrole nitrogens is 1. The Morgan fingerprint density at radius 3 is 2.89 bits per heavy atom. The summed E-state index contributed by atoms with van der Waals surface area (Å²) in [7, 11) is 1.76. The Hall–Kier alpha value is -1.88. The number of carbonyl (C=O) groups excluding carboxylic acids is 1. The molecule has 0 bridgehead atoms. The number of rotatable bonds is 3. The number of nitrogens with two attached hydrogens (primary N) is 1. The van der Waals surface area contributed by atoms with Gasteiger partial charge in [0.15, 0.2) is 0 Å². The highest BCUT2D eigenvalue weighted by atomic mass is 16.2. The van der Waals surface area contributed by atoms with Gasteiger partial charge in [0.1, 0.15) is 0 Å². The molecule has 2 rings (SSSR count). The Balaban J connectivity index is 2.15. The van der Waals surface area contributed by atoms with Crippen LogP contribution in [0.3, 0.4) is 0 Å². The summed E-state index contributed by atoms with van der Waals surface area (Å²) < 4.78 is 0. The summed E-state index contributed by atoms with van der Waals surface area (Å²) >= 11 is 0. The number of amides is 1. The molecular formula is C13H18N4O. The van der Waals surface area contributed by atoms with Gasteiger partial charge in [-0.05, 0) is 31.5 Å². The fourth-order valence-electron chi connectivity index (χ4n) is 1.92. The van der Waals surface area contributed by atoms with Gasteiger partial charge < -0.3 is 15.6 Å². The molecule has 1 amide bonds. The summed E-state index contributed by atoms with van der Waals surface area (Å²) in [6.45, 7) is 3.96. The summed E-state index contributed by atoms with van der Waals surface area (Å²) in [4.78, 5) is 20.8. The lowest BCUT2D eigenvalue weighted by atomic mass is 10.1. The van der Waals surface area contributed by atoms with Crippen molar-refractivity contribution in [3.05, 3.63) is 30.1 Å². The van der Waals surface area contributed by atoms with Crippen molar-refractivity contribution in [3.63, 3.8) is 0 Å². The van der Waals surface area contributed by atoms with Crippen molar-refractivity contribution in [3.8, 4) is 0 Å². The second kappa shape index (κ2) is 4.42. The van der Waals surface area contributed by atoms with Crippen molar-refractivity contribution in [2.45, 2.75) is 25.9 Å². The van der Waals surface area contributed by atoms with Crippen LogP contribution >= 0.6 is 0 Å². The van der Waals surface area contributed by atoms with E-state index in [0.29, 0.717) is 6.54 Å². The first-order valence-corrected chi connectivity index (χ1v) is 5.84. The quantitative estimate of drug-likeness (QED) is 0.856. The van der Waals surface area contributed by atoms with Gasteiger partial charge in [-0.15, -0.1) is 0 Å². The molecule has 0 atom stereocenters. The molecule has 0 fully saturated rings. The zero-order valence-corrected chi connectivity index (χ0v) is 10.9. The highest BCUT2D eigenvalue weighted by Gasteiger charge is 2.25. The molecule has 96 valence electrons. The lowest BCUT2D eigenvalue weighted by molar-refractivity contribution is -0.134. The van der Waals surface area contributed by atoms with E-state index >= 15 is 0 Å². The largest absolute Gasteiger partial charge is 0.345 e. The van der Waals surface area contributed by atoms with Crippen LogP contribution in [0.2, 0.25) is 0 Å². The number of fused-ring (bicyclic) bond motifs is 1. The van der Waals surface area contributed by atoms with Crippen molar-refractivity contribution in [1.82, 2.24) is 14.9 Å². The average Bonchev–Trinajstić information content (AvgIpc) is 2.73. The van der Waals surface area contributed by atoms with E-state index in [0.717, 1.165) is 16.6 Å². The molecule has 5 heteroatoms. The van der Waals surface area contributed by atoms with Gasteiger partial charge >= 0.3 is 0 Å². The van der Waals surface area contributed by atoms with E-state index in [4.69, 9.17) is 5.73 Å². The normalized spacial score (nSPS) is 11.8. The summed E-state index contributed by atoms with van der Waals surface area (Å²) in [6.07, 6.45) is 1.66. The van der Waals surface area contributed by atoms with Gasteiger partial charge in [-0.1, -0.05) is 6.07 Å². The second-order valence-corrected chi connectivity index (χ2v) is 5.14. The lowest BCUT2D eigenvalue weighted by Crippen LogP contribution is -2.49. The first kappa shape index (κ1) is 12.6. The predicted molar refractivity (Wildman–Crippen MR) is 70.8 cm³/mol. The third-order valence-corrected chi connectivity index (χ3v) is 2.80. The fraction of sp³-hybridized carbons (Fsp3) is 0.385. The summed E-state index contributed by atoms with van der Waals surface area (Å²) in [6, 6.07) is 5.90.